The van der Waals surface area contributed by atoms with Crippen molar-refractivity contribution >= 4 is 6.40 Å². The molecule has 0 spiro atoms. The van der Waals surface area contributed by atoms with Crippen LogP contribution in [-0.2, 0) is 4.74 Å². The maximum atomic E-state index is 4.54. The van der Waals surface area contributed by atoms with Gasteiger partial charge in [-0.05, 0) is 0 Å². The summed E-state index contributed by atoms with van der Waals surface area (Å²) in [6.45, 7) is 1.18. The van der Waals surface area contributed by atoms with Crippen molar-refractivity contribution in [2.45, 2.75) is 0 Å². The van der Waals surface area contributed by atoms with Gasteiger partial charge in [-0.3, -0.25) is 5.32 Å². The molecule has 1 aliphatic heterocycles. The first kappa shape index (κ1) is 3.61. The second kappa shape index (κ2) is 1.77. The van der Waals surface area contributed by atoms with Gasteiger partial charge in [0.05, 0.1) is 6.67 Å². The van der Waals surface area contributed by atoms with Crippen LogP contribution in [0.5, 0.6) is 0 Å². The van der Waals surface area contributed by atoms with Crippen LogP contribution in [0, 0.1) is 0 Å². The van der Waals surface area contributed by atoms with Crippen LogP contribution in [0.3, 0.4) is 0 Å². The molecule has 0 atom stereocenters. The standard InChI is InChI=1S/C3H5N2O/c1-4-2-6-3-5-1/h4H,1-2H2. The molecule has 0 fully saturated rings. The van der Waals surface area contributed by atoms with Gasteiger partial charge in [0.1, 0.15) is 6.73 Å². The van der Waals surface area contributed by atoms with Crippen LogP contribution in [0.2, 0.25) is 0 Å². The molecule has 0 unspecified atom stereocenters. The molecule has 1 heterocycles. The molecule has 1 N–H and O–H groups in total. The van der Waals surface area contributed by atoms with Crippen LogP contribution in [-0.4, -0.2) is 19.8 Å². The van der Waals surface area contributed by atoms with Gasteiger partial charge in [-0.1, -0.05) is 0 Å². The van der Waals surface area contributed by atoms with Gasteiger partial charge in [-0.25, -0.2) is 4.99 Å². The summed E-state index contributed by atoms with van der Waals surface area (Å²) in [6.07, 6.45) is 2.35. The number of ether oxygens (including phenoxy) is 1. The number of aliphatic imine (C=N–C) groups is 1. The van der Waals surface area contributed by atoms with Gasteiger partial charge in [0.25, 0.3) is 6.40 Å². The highest BCUT2D eigenvalue weighted by Crippen LogP contribution is 1.71. The third-order valence-corrected chi connectivity index (χ3v) is 0.494. The summed E-state index contributed by atoms with van der Waals surface area (Å²) >= 11 is 0. The van der Waals surface area contributed by atoms with E-state index in [1.807, 2.05) is 0 Å². The van der Waals surface area contributed by atoms with E-state index in [4.69, 9.17) is 0 Å². The average molecular weight is 85.1 g/mol. The number of nitrogens with zero attached hydrogens (tertiary/aromatic N) is 1. The fourth-order valence-electron chi connectivity index (χ4n) is 0.263. The Hall–Kier alpha value is -0.570. The lowest BCUT2D eigenvalue weighted by Crippen LogP contribution is -2.21. The first-order chi connectivity index (χ1) is 3.00. The molecule has 0 bridgehead atoms. The van der Waals surface area contributed by atoms with Crippen LogP contribution in [0.25, 0.3) is 0 Å². The maximum absolute atomic E-state index is 4.54. The summed E-state index contributed by atoms with van der Waals surface area (Å²) < 4.78 is 4.54. The molecule has 3 nitrogen and oxygen atoms in total. The van der Waals surface area contributed by atoms with Gasteiger partial charge in [-0.15, -0.1) is 0 Å². The first-order valence-electron chi connectivity index (χ1n) is 1.74. The Kier molecular flexibility index (Phi) is 1.06. The molecule has 1 radical (unpaired) electrons. The van der Waals surface area contributed by atoms with Crippen molar-refractivity contribution in [3.63, 3.8) is 0 Å². The summed E-state index contributed by atoms with van der Waals surface area (Å²) in [4.78, 5) is 3.59. The van der Waals surface area contributed by atoms with E-state index >= 15 is 0 Å². The molecule has 0 aromatic rings. The largest absolute Gasteiger partial charge is 0.458 e. The van der Waals surface area contributed by atoms with Gasteiger partial charge >= 0.3 is 0 Å². The van der Waals surface area contributed by atoms with Crippen LogP contribution < -0.4 is 5.32 Å². The zero-order chi connectivity index (χ0) is 4.24. The molecule has 0 aromatic carbocycles. The van der Waals surface area contributed by atoms with Crippen molar-refractivity contribution in [2.75, 3.05) is 13.4 Å². The number of hydrogen-bond donors (Lipinski definition) is 1. The summed E-state index contributed by atoms with van der Waals surface area (Å²) in [5, 5.41) is 2.83. The van der Waals surface area contributed by atoms with E-state index in [-0.39, 0.29) is 0 Å². The Bertz CT molecular complexity index is 53.8. The van der Waals surface area contributed by atoms with E-state index in [1.54, 1.807) is 0 Å². The Labute approximate surface area is 36.0 Å². The highest BCUT2D eigenvalue weighted by molar-refractivity contribution is 5.46. The molecule has 3 heteroatoms. The highest BCUT2D eigenvalue weighted by Gasteiger charge is 1.85. The summed E-state index contributed by atoms with van der Waals surface area (Å²) in [7, 11) is 0. The Balaban J connectivity index is 2.26. The molecule has 0 aliphatic carbocycles. The quantitative estimate of drug-likeness (QED) is 0.427. The molecular weight excluding hydrogens is 80.0 g/mol. The summed E-state index contributed by atoms with van der Waals surface area (Å²) in [5.74, 6) is 0. The topological polar surface area (TPSA) is 33.6 Å². The normalized spacial score (nSPS) is 20.0. The second-order valence-electron chi connectivity index (χ2n) is 0.946. The number of rotatable bonds is 0. The van der Waals surface area contributed by atoms with E-state index in [2.05, 4.69) is 21.4 Å². The Morgan fingerprint density at radius 1 is 1.83 bits per heavy atom. The smallest absolute Gasteiger partial charge is 0.275 e. The van der Waals surface area contributed by atoms with Gasteiger partial charge < -0.3 is 4.74 Å². The average Bonchev–Trinajstić information content (AvgIpc) is 1.72. The zero-order valence-electron chi connectivity index (χ0n) is 3.27. The molecule has 0 aromatic heterocycles. The van der Waals surface area contributed by atoms with Crippen molar-refractivity contribution in [3.8, 4) is 0 Å². The van der Waals surface area contributed by atoms with Crippen molar-refractivity contribution < 1.29 is 4.74 Å². The molecule has 6 heavy (non-hydrogen) atoms. The minimum absolute atomic E-state index is 0.545. The van der Waals surface area contributed by atoms with Crippen molar-refractivity contribution in [1.82, 2.24) is 5.32 Å². The zero-order valence-corrected chi connectivity index (χ0v) is 3.27. The fourth-order valence-corrected chi connectivity index (χ4v) is 0.263. The third kappa shape index (κ3) is 0.687. The minimum Gasteiger partial charge on any atom is -0.458 e. The van der Waals surface area contributed by atoms with Crippen molar-refractivity contribution in [1.29, 1.82) is 0 Å². The second-order valence-corrected chi connectivity index (χ2v) is 0.946. The van der Waals surface area contributed by atoms with Crippen LogP contribution in [0.15, 0.2) is 4.99 Å². The highest BCUT2D eigenvalue weighted by atomic mass is 16.5. The van der Waals surface area contributed by atoms with E-state index in [0.717, 1.165) is 0 Å². The van der Waals surface area contributed by atoms with E-state index in [0.29, 0.717) is 13.4 Å². The molecule has 1 aliphatic rings. The Morgan fingerprint density at radius 2 is 2.83 bits per heavy atom. The molecule has 1 rings (SSSR count). The predicted octanol–water partition coefficient (Wildman–Crippen LogP) is -0.574. The lowest BCUT2D eigenvalue weighted by Gasteiger charge is -2.02. The molecule has 33 valence electrons. The monoisotopic (exact) mass is 85.0 g/mol. The minimum atomic E-state index is 0.545. The van der Waals surface area contributed by atoms with Crippen molar-refractivity contribution in [2.24, 2.45) is 4.99 Å². The van der Waals surface area contributed by atoms with Crippen LogP contribution >= 0.6 is 0 Å². The van der Waals surface area contributed by atoms with E-state index in [9.17, 15) is 0 Å². The first-order valence-corrected chi connectivity index (χ1v) is 1.74. The van der Waals surface area contributed by atoms with Gasteiger partial charge in [0.2, 0.25) is 0 Å². The number of hydrogen-bond acceptors (Lipinski definition) is 3. The predicted molar refractivity (Wildman–Crippen MR) is 21.4 cm³/mol. The van der Waals surface area contributed by atoms with Gasteiger partial charge in [-0.2, -0.15) is 0 Å². The van der Waals surface area contributed by atoms with Crippen molar-refractivity contribution in [3.05, 3.63) is 0 Å². The lowest BCUT2D eigenvalue weighted by atomic mass is 11.0. The summed E-state index contributed by atoms with van der Waals surface area (Å²) in [6, 6.07) is 0. The number of nitrogens with one attached hydrogen (secondary N) is 1. The molecular formula is C3H5N2O. The van der Waals surface area contributed by atoms with E-state index < -0.39 is 0 Å². The Morgan fingerprint density at radius 3 is 3.00 bits per heavy atom. The summed E-state index contributed by atoms with van der Waals surface area (Å²) in [5.41, 5.74) is 0. The van der Waals surface area contributed by atoms with Crippen LogP contribution in [0.4, 0.5) is 0 Å². The molecule has 0 saturated heterocycles. The van der Waals surface area contributed by atoms with Gasteiger partial charge in [0, 0.05) is 0 Å². The van der Waals surface area contributed by atoms with Gasteiger partial charge in [0.15, 0.2) is 0 Å². The lowest BCUT2D eigenvalue weighted by molar-refractivity contribution is 0.268. The van der Waals surface area contributed by atoms with E-state index in [1.165, 1.54) is 0 Å². The van der Waals surface area contributed by atoms with Crippen LogP contribution in [0.1, 0.15) is 0 Å². The molecule has 0 amide bonds. The third-order valence-electron chi connectivity index (χ3n) is 0.494. The maximum Gasteiger partial charge on any atom is 0.275 e. The molecule has 0 saturated carbocycles. The SMILES string of the molecule is [C]1=NCNCO1. The fraction of sp³-hybridized carbons (Fsp3) is 0.667.